The minimum absolute atomic E-state index is 0.310. The Kier molecular flexibility index (Phi) is 4.96. The van der Waals surface area contributed by atoms with E-state index in [0.717, 1.165) is 62.0 Å². The summed E-state index contributed by atoms with van der Waals surface area (Å²) in [6, 6.07) is 4.28. The Morgan fingerprint density at radius 2 is 2.03 bits per heavy atom. The third kappa shape index (κ3) is 3.62. The molecular formula is C23H29N5O. The van der Waals surface area contributed by atoms with E-state index in [1.165, 1.54) is 17.4 Å². The predicted octanol–water partition coefficient (Wildman–Crippen LogP) is 3.55. The van der Waals surface area contributed by atoms with Crippen LogP contribution in [-0.4, -0.2) is 63.4 Å². The minimum atomic E-state index is 0.310. The molecule has 1 amide bonds. The van der Waals surface area contributed by atoms with E-state index >= 15 is 0 Å². The SMILES string of the molecule is CC1CCCN(C(=O)CN2CCC(c3ccnc4cnc5[nH]ccc5c34)CC2)C1. The number of likely N-dealkylation sites (tertiary alicyclic amines) is 2. The number of aromatic nitrogens is 3. The minimum Gasteiger partial charge on any atom is -0.346 e. The van der Waals surface area contributed by atoms with E-state index in [1.54, 1.807) is 0 Å². The number of H-pyrrole nitrogens is 1. The van der Waals surface area contributed by atoms with E-state index in [2.05, 4.69) is 43.8 Å². The van der Waals surface area contributed by atoms with Gasteiger partial charge in [0.1, 0.15) is 5.65 Å². The van der Waals surface area contributed by atoms with Crippen molar-refractivity contribution < 1.29 is 4.79 Å². The van der Waals surface area contributed by atoms with Gasteiger partial charge in [-0.15, -0.1) is 0 Å². The Balaban J connectivity index is 1.29. The van der Waals surface area contributed by atoms with Gasteiger partial charge in [-0.2, -0.15) is 0 Å². The lowest BCUT2D eigenvalue weighted by Gasteiger charge is -2.35. The number of nitrogens with zero attached hydrogens (tertiary/aromatic N) is 4. The molecule has 6 nitrogen and oxygen atoms in total. The molecule has 152 valence electrons. The van der Waals surface area contributed by atoms with E-state index in [0.29, 0.717) is 24.3 Å². The third-order valence-electron chi connectivity index (χ3n) is 6.72. The summed E-state index contributed by atoms with van der Waals surface area (Å²) < 4.78 is 0. The summed E-state index contributed by atoms with van der Waals surface area (Å²) in [5.74, 6) is 1.45. The van der Waals surface area contributed by atoms with Crippen molar-refractivity contribution in [3.63, 3.8) is 0 Å². The first-order chi connectivity index (χ1) is 14.2. The number of nitrogens with one attached hydrogen (secondary N) is 1. The molecule has 1 atom stereocenters. The molecular weight excluding hydrogens is 362 g/mol. The van der Waals surface area contributed by atoms with Gasteiger partial charge in [-0.05, 0) is 68.3 Å². The predicted molar refractivity (Wildman–Crippen MR) is 115 cm³/mol. The molecule has 2 saturated heterocycles. The fourth-order valence-electron chi connectivity index (χ4n) is 5.13. The van der Waals surface area contributed by atoms with Crippen LogP contribution in [0, 0.1) is 5.92 Å². The molecule has 0 radical (unpaired) electrons. The van der Waals surface area contributed by atoms with Gasteiger partial charge < -0.3 is 9.88 Å². The summed E-state index contributed by atoms with van der Waals surface area (Å²) in [5, 5.41) is 2.39. The van der Waals surface area contributed by atoms with Crippen molar-refractivity contribution in [3.05, 3.63) is 36.3 Å². The van der Waals surface area contributed by atoms with E-state index in [9.17, 15) is 4.79 Å². The van der Waals surface area contributed by atoms with Gasteiger partial charge in [-0.1, -0.05) is 6.92 Å². The van der Waals surface area contributed by atoms with Crippen LogP contribution in [0.3, 0.4) is 0 Å². The van der Waals surface area contributed by atoms with Crippen LogP contribution in [0.1, 0.15) is 44.1 Å². The molecule has 1 N–H and O–H groups in total. The lowest BCUT2D eigenvalue weighted by Crippen LogP contribution is -2.46. The Hall–Kier alpha value is -2.47. The van der Waals surface area contributed by atoms with Crippen molar-refractivity contribution in [2.75, 3.05) is 32.7 Å². The highest BCUT2D eigenvalue weighted by Gasteiger charge is 2.27. The van der Waals surface area contributed by atoms with Gasteiger partial charge in [0, 0.05) is 36.3 Å². The molecule has 29 heavy (non-hydrogen) atoms. The van der Waals surface area contributed by atoms with Gasteiger partial charge >= 0.3 is 0 Å². The zero-order valence-corrected chi connectivity index (χ0v) is 17.1. The lowest BCUT2D eigenvalue weighted by molar-refractivity contribution is -0.134. The van der Waals surface area contributed by atoms with Crippen LogP contribution in [0.2, 0.25) is 0 Å². The Morgan fingerprint density at radius 3 is 2.86 bits per heavy atom. The topological polar surface area (TPSA) is 65.1 Å². The van der Waals surface area contributed by atoms with E-state index in [-0.39, 0.29) is 0 Å². The number of hydrogen-bond donors (Lipinski definition) is 1. The summed E-state index contributed by atoms with van der Waals surface area (Å²) >= 11 is 0. The number of aromatic amines is 1. The lowest BCUT2D eigenvalue weighted by atomic mass is 9.87. The molecule has 2 aliphatic rings. The molecule has 0 aromatic carbocycles. The second kappa shape index (κ2) is 7.75. The summed E-state index contributed by atoms with van der Waals surface area (Å²) in [5.41, 5.74) is 3.26. The zero-order chi connectivity index (χ0) is 19.8. The maximum Gasteiger partial charge on any atom is 0.236 e. The van der Waals surface area contributed by atoms with Gasteiger partial charge in [0.25, 0.3) is 0 Å². The van der Waals surface area contributed by atoms with Crippen molar-refractivity contribution in [2.45, 2.75) is 38.5 Å². The fourth-order valence-corrected chi connectivity index (χ4v) is 5.13. The molecule has 1 unspecified atom stereocenters. The first-order valence-corrected chi connectivity index (χ1v) is 10.9. The summed E-state index contributed by atoms with van der Waals surface area (Å²) in [6.07, 6.45) is 10.3. The van der Waals surface area contributed by atoms with Crippen LogP contribution in [-0.2, 0) is 4.79 Å². The molecule has 3 aromatic heterocycles. The highest BCUT2D eigenvalue weighted by molar-refractivity contribution is 6.05. The molecule has 0 bridgehead atoms. The van der Waals surface area contributed by atoms with Gasteiger partial charge in [-0.25, -0.2) is 4.98 Å². The van der Waals surface area contributed by atoms with Gasteiger partial charge in [0.2, 0.25) is 5.91 Å². The van der Waals surface area contributed by atoms with E-state index < -0.39 is 0 Å². The number of piperidine rings is 2. The van der Waals surface area contributed by atoms with Crippen LogP contribution in [0.5, 0.6) is 0 Å². The van der Waals surface area contributed by atoms with Crippen molar-refractivity contribution in [1.29, 1.82) is 0 Å². The van der Waals surface area contributed by atoms with Crippen molar-refractivity contribution in [2.24, 2.45) is 5.92 Å². The third-order valence-corrected chi connectivity index (χ3v) is 6.72. The normalized spacial score (nSPS) is 21.8. The Bertz CT molecular complexity index is 1020. The monoisotopic (exact) mass is 391 g/mol. The number of hydrogen-bond acceptors (Lipinski definition) is 4. The molecule has 0 spiro atoms. The smallest absolute Gasteiger partial charge is 0.236 e. The highest BCUT2D eigenvalue weighted by Crippen LogP contribution is 2.35. The molecule has 2 aliphatic heterocycles. The average Bonchev–Trinajstić information content (AvgIpc) is 3.23. The Labute approximate surface area is 171 Å². The molecule has 6 heteroatoms. The largest absolute Gasteiger partial charge is 0.346 e. The van der Waals surface area contributed by atoms with Gasteiger partial charge in [0.15, 0.2) is 0 Å². The number of amides is 1. The molecule has 5 rings (SSSR count). The highest BCUT2D eigenvalue weighted by atomic mass is 16.2. The van der Waals surface area contributed by atoms with Crippen molar-refractivity contribution >= 4 is 27.8 Å². The van der Waals surface area contributed by atoms with Crippen LogP contribution >= 0.6 is 0 Å². The standard InChI is InChI=1S/C23H29N5O/c1-16-3-2-10-28(14-16)21(29)15-27-11-6-17(7-12-27)18-4-8-24-20-13-26-23-19(22(18)20)5-9-25-23/h4-5,8-9,13,16-17H,2-3,6-7,10-12,14-15H2,1H3,(H,25,26). The van der Waals surface area contributed by atoms with E-state index in [4.69, 9.17) is 0 Å². The summed E-state index contributed by atoms with van der Waals surface area (Å²) in [6.45, 7) is 6.64. The van der Waals surface area contributed by atoms with Crippen LogP contribution < -0.4 is 0 Å². The molecule has 2 fully saturated rings. The van der Waals surface area contributed by atoms with Crippen LogP contribution in [0.4, 0.5) is 0 Å². The number of pyridine rings is 2. The number of fused-ring (bicyclic) bond motifs is 3. The quantitative estimate of drug-likeness (QED) is 0.742. The number of carbonyl (C=O) groups is 1. The summed E-state index contributed by atoms with van der Waals surface area (Å²) in [4.78, 5) is 29.4. The fraction of sp³-hybridized carbons (Fsp3) is 0.522. The zero-order valence-electron chi connectivity index (χ0n) is 17.1. The first-order valence-electron chi connectivity index (χ1n) is 10.9. The second-order valence-electron chi connectivity index (χ2n) is 8.80. The summed E-state index contributed by atoms with van der Waals surface area (Å²) in [7, 11) is 0. The van der Waals surface area contributed by atoms with Crippen LogP contribution in [0.25, 0.3) is 21.9 Å². The maximum atomic E-state index is 12.7. The molecule has 0 aliphatic carbocycles. The van der Waals surface area contributed by atoms with Crippen molar-refractivity contribution in [3.8, 4) is 0 Å². The van der Waals surface area contributed by atoms with E-state index in [1.807, 2.05) is 18.6 Å². The van der Waals surface area contributed by atoms with Crippen molar-refractivity contribution in [1.82, 2.24) is 24.8 Å². The molecule has 0 saturated carbocycles. The molecule has 5 heterocycles. The van der Waals surface area contributed by atoms with Crippen LogP contribution in [0.15, 0.2) is 30.7 Å². The Morgan fingerprint density at radius 1 is 1.17 bits per heavy atom. The maximum absolute atomic E-state index is 12.7. The van der Waals surface area contributed by atoms with Gasteiger partial charge in [-0.3, -0.25) is 14.7 Å². The molecule has 3 aromatic rings. The van der Waals surface area contributed by atoms with Gasteiger partial charge in [0.05, 0.1) is 18.3 Å². The number of carbonyl (C=O) groups excluding carboxylic acids is 1. The first kappa shape index (κ1) is 18.6. The number of rotatable bonds is 3. The second-order valence-corrected chi connectivity index (χ2v) is 8.80. The average molecular weight is 392 g/mol.